The number of rotatable bonds is 2. The second kappa shape index (κ2) is 3.08. The van der Waals surface area contributed by atoms with Crippen LogP contribution in [0.1, 0.15) is 38.5 Å². The van der Waals surface area contributed by atoms with Gasteiger partial charge in [0.25, 0.3) is 0 Å². The topological polar surface area (TPSA) is 0 Å². The molecule has 4 fully saturated rings. The Morgan fingerprint density at radius 2 is 1.50 bits per heavy atom. The third-order valence-electron chi connectivity index (χ3n) is 5.03. The lowest BCUT2D eigenvalue weighted by Gasteiger charge is -2.58. The van der Waals surface area contributed by atoms with Gasteiger partial charge in [0, 0.05) is 0 Å². The highest BCUT2D eigenvalue weighted by molar-refractivity contribution is 7.61. The van der Waals surface area contributed by atoms with Crippen molar-refractivity contribution in [2.24, 2.45) is 17.8 Å². The summed E-state index contributed by atoms with van der Waals surface area (Å²) in [6, 6.07) is 0. The first-order valence-corrected chi connectivity index (χ1v) is 7.93. The van der Waals surface area contributed by atoms with Gasteiger partial charge in [0.1, 0.15) is 0 Å². The summed E-state index contributed by atoms with van der Waals surface area (Å²) in [5.74, 6) is 5.59. The van der Waals surface area contributed by atoms with E-state index in [4.69, 9.17) is 0 Å². The molecule has 0 saturated heterocycles. The minimum Gasteiger partial charge on any atom is -0.0986 e. The summed E-state index contributed by atoms with van der Waals surface area (Å²) in [5.41, 5.74) is 0. The highest BCUT2D eigenvalue weighted by Crippen LogP contribution is 2.67. The zero-order valence-corrected chi connectivity index (χ0v) is 10.1. The van der Waals surface area contributed by atoms with Crippen molar-refractivity contribution in [3.63, 3.8) is 0 Å². The lowest BCUT2D eigenvalue weighted by Crippen LogP contribution is -2.48. The molecule has 14 heavy (non-hydrogen) atoms. The third-order valence-corrected chi connectivity index (χ3v) is 7.62. The smallest absolute Gasteiger partial charge is 0.00547 e. The first-order chi connectivity index (χ1) is 6.72. The van der Waals surface area contributed by atoms with Crippen LogP contribution in [0.3, 0.4) is 0 Å². The predicted octanol–water partition coefficient (Wildman–Crippen LogP) is 4.21. The molecule has 0 radical (unpaired) electrons. The second-order valence-corrected chi connectivity index (χ2v) is 8.47. The monoisotopic (exact) mass is 208 g/mol. The molecule has 4 bridgehead atoms. The molecule has 0 aromatic rings. The van der Waals surface area contributed by atoms with E-state index in [0.29, 0.717) is 0 Å². The minimum absolute atomic E-state index is 0.111. The molecule has 1 atom stereocenters. The normalized spacial score (nSPS) is 51.9. The molecule has 0 spiro atoms. The highest BCUT2D eigenvalue weighted by atomic mass is 31.1. The molecule has 4 aliphatic carbocycles. The molecule has 1 unspecified atom stereocenters. The van der Waals surface area contributed by atoms with E-state index in [1.165, 1.54) is 0 Å². The summed E-state index contributed by atoms with van der Waals surface area (Å²) in [7, 11) is 0.111. The van der Waals surface area contributed by atoms with Crippen LogP contribution in [0.5, 0.6) is 0 Å². The molecule has 0 aromatic carbocycles. The van der Waals surface area contributed by atoms with Gasteiger partial charge >= 0.3 is 0 Å². The summed E-state index contributed by atoms with van der Waals surface area (Å²) in [6.07, 6.45) is 9.35. The van der Waals surface area contributed by atoms with E-state index in [-0.39, 0.29) is 7.92 Å². The summed E-state index contributed by atoms with van der Waals surface area (Å²) in [5, 5.41) is 0.756. The van der Waals surface area contributed by atoms with Crippen molar-refractivity contribution < 1.29 is 0 Å². The summed E-state index contributed by atoms with van der Waals surface area (Å²) >= 11 is 0. The van der Waals surface area contributed by atoms with Crippen molar-refractivity contribution in [2.75, 3.05) is 6.66 Å². The Balaban J connectivity index is 1.90. The maximum Gasteiger partial charge on any atom is -0.00547 e. The summed E-state index contributed by atoms with van der Waals surface area (Å²) in [6.45, 7) is 6.51. The van der Waals surface area contributed by atoms with E-state index in [2.05, 4.69) is 19.1 Å². The molecule has 0 N–H and O–H groups in total. The van der Waals surface area contributed by atoms with Crippen molar-refractivity contribution in [1.82, 2.24) is 0 Å². The molecule has 0 heterocycles. The van der Waals surface area contributed by atoms with E-state index < -0.39 is 0 Å². The molecular weight excluding hydrogens is 187 g/mol. The van der Waals surface area contributed by atoms with Crippen LogP contribution in [0, 0.1) is 17.8 Å². The van der Waals surface area contributed by atoms with Gasteiger partial charge in [-0.25, -0.2) is 0 Å². The summed E-state index contributed by atoms with van der Waals surface area (Å²) < 4.78 is 0. The summed E-state index contributed by atoms with van der Waals surface area (Å²) in [4.78, 5) is 0. The first-order valence-electron chi connectivity index (χ1n) is 6.07. The fourth-order valence-electron chi connectivity index (χ4n) is 4.69. The molecular formula is C13H21P. The molecule has 0 aromatic heterocycles. The van der Waals surface area contributed by atoms with Crippen molar-refractivity contribution in [2.45, 2.75) is 43.7 Å². The Bertz CT molecular complexity index is 221. The van der Waals surface area contributed by atoms with Crippen LogP contribution < -0.4 is 0 Å². The molecule has 1 heteroatoms. The Morgan fingerprint density at radius 1 is 1.07 bits per heavy atom. The standard InChI is InChI=1S/C13H21P/c1-3-14(2)13-7-10-4-11(8-13)6-12(5-10)9-13/h3,10-12H,1,4-9H2,2H3. The lowest BCUT2D eigenvalue weighted by atomic mass is 9.56. The Morgan fingerprint density at radius 3 is 1.86 bits per heavy atom. The SMILES string of the molecule is C=CP(C)C12CC3CC(CC(C3)C1)C2. The lowest BCUT2D eigenvalue weighted by molar-refractivity contribution is 0.0361. The van der Waals surface area contributed by atoms with Gasteiger partial charge in [0.15, 0.2) is 0 Å². The highest BCUT2D eigenvalue weighted by Gasteiger charge is 2.52. The van der Waals surface area contributed by atoms with E-state index in [1.807, 2.05) is 0 Å². The largest absolute Gasteiger partial charge is 0.0986 e. The Kier molecular flexibility index (Phi) is 2.07. The van der Waals surface area contributed by atoms with Crippen LogP contribution in [0.2, 0.25) is 0 Å². The maximum atomic E-state index is 4.05. The third kappa shape index (κ3) is 1.23. The molecule has 4 rings (SSSR count). The molecule has 0 aliphatic heterocycles. The Labute approximate surface area is 88.9 Å². The average molecular weight is 208 g/mol. The number of hydrogen-bond acceptors (Lipinski definition) is 0. The van der Waals surface area contributed by atoms with Crippen LogP contribution in [0.25, 0.3) is 0 Å². The van der Waals surface area contributed by atoms with E-state index in [0.717, 1.165) is 22.9 Å². The van der Waals surface area contributed by atoms with E-state index in [1.54, 1.807) is 38.5 Å². The fourth-order valence-corrected chi connectivity index (χ4v) is 6.72. The van der Waals surface area contributed by atoms with Gasteiger partial charge in [-0.15, -0.1) is 0 Å². The van der Waals surface area contributed by atoms with Crippen LogP contribution in [0.4, 0.5) is 0 Å². The van der Waals surface area contributed by atoms with Crippen molar-refractivity contribution in [3.05, 3.63) is 12.4 Å². The zero-order valence-electron chi connectivity index (χ0n) is 9.21. The van der Waals surface area contributed by atoms with Crippen LogP contribution >= 0.6 is 7.92 Å². The zero-order chi connectivity index (χ0) is 9.76. The van der Waals surface area contributed by atoms with Gasteiger partial charge in [0.05, 0.1) is 0 Å². The quantitative estimate of drug-likeness (QED) is 0.596. The van der Waals surface area contributed by atoms with Crippen molar-refractivity contribution >= 4 is 7.92 Å². The first kappa shape index (κ1) is 9.40. The van der Waals surface area contributed by atoms with E-state index >= 15 is 0 Å². The van der Waals surface area contributed by atoms with Crippen molar-refractivity contribution in [3.8, 4) is 0 Å². The number of hydrogen-bond donors (Lipinski definition) is 0. The van der Waals surface area contributed by atoms with Gasteiger partial charge < -0.3 is 0 Å². The Hall–Kier alpha value is 0.170. The van der Waals surface area contributed by atoms with Gasteiger partial charge in [-0.2, -0.15) is 0 Å². The maximum absolute atomic E-state index is 4.05. The van der Waals surface area contributed by atoms with Crippen molar-refractivity contribution in [1.29, 1.82) is 0 Å². The molecule has 4 aliphatic rings. The minimum atomic E-state index is 0.111. The van der Waals surface area contributed by atoms with Crippen LogP contribution in [-0.4, -0.2) is 11.8 Å². The van der Waals surface area contributed by atoms with Crippen LogP contribution in [-0.2, 0) is 0 Å². The van der Waals surface area contributed by atoms with E-state index in [9.17, 15) is 0 Å². The van der Waals surface area contributed by atoms with Gasteiger partial charge in [-0.3, -0.25) is 0 Å². The van der Waals surface area contributed by atoms with Crippen LogP contribution in [0.15, 0.2) is 12.4 Å². The molecule has 0 nitrogen and oxygen atoms in total. The fraction of sp³-hybridized carbons (Fsp3) is 0.846. The van der Waals surface area contributed by atoms with Gasteiger partial charge in [-0.1, -0.05) is 20.3 Å². The predicted molar refractivity (Wildman–Crippen MR) is 63.9 cm³/mol. The molecule has 4 saturated carbocycles. The second-order valence-electron chi connectivity index (χ2n) is 5.94. The molecule has 0 amide bonds. The van der Waals surface area contributed by atoms with Gasteiger partial charge in [-0.05, 0) is 68.1 Å². The molecule has 78 valence electrons. The van der Waals surface area contributed by atoms with Gasteiger partial charge in [0.2, 0.25) is 0 Å². The average Bonchev–Trinajstić information content (AvgIpc) is 2.14.